The fourth-order valence-corrected chi connectivity index (χ4v) is 4.42. The van der Waals surface area contributed by atoms with E-state index in [1.165, 1.54) is 11.1 Å². The molecule has 0 heterocycles. The average molecular weight is 467 g/mol. The Morgan fingerprint density at radius 3 is 2.18 bits per heavy atom. The zero-order chi connectivity index (χ0) is 24.5. The molecule has 0 radical (unpaired) electrons. The Balaban J connectivity index is 1.49. The lowest BCUT2D eigenvalue weighted by atomic mass is 9.98. The molecule has 7 nitrogen and oxygen atoms in total. The van der Waals surface area contributed by atoms with Crippen LogP contribution < -0.4 is 10.6 Å². The highest BCUT2D eigenvalue weighted by atomic mass is 16.5. The number of fused-ring (bicyclic) bond motifs is 3. The van der Waals surface area contributed by atoms with Crippen LogP contribution in [-0.2, 0) is 14.3 Å². The van der Waals surface area contributed by atoms with E-state index in [1.807, 2.05) is 38.1 Å². The smallest absolute Gasteiger partial charge is 0.407 e. The first-order valence-electron chi connectivity index (χ1n) is 12.1. The van der Waals surface area contributed by atoms with Crippen molar-refractivity contribution in [1.29, 1.82) is 0 Å². The minimum absolute atomic E-state index is 0.0121. The monoisotopic (exact) mass is 466 g/mol. The number of hydrogen-bond donors (Lipinski definition) is 3. The molecule has 2 unspecified atom stereocenters. The lowest BCUT2D eigenvalue weighted by molar-refractivity contribution is -0.142. The van der Waals surface area contributed by atoms with Gasteiger partial charge in [-0.2, -0.15) is 0 Å². The van der Waals surface area contributed by atoms with Gasteiger partial charge in [0.15, 0.2) is 0 Å². The number of carbonyl (C=O) groups excluding carboxylic acids is 2. The minimum atomic E-state index is -1.02. The second-order valence-corrected chi connectivity index (χ2v) is 8.79. The number of carboxylic acids is 1. The third kappa shape index (κ3) is 6.37. The molecule has 0 saturated heterocycles. The number of alkyl carbamates (subject to hydrolysis) is 1. The maximum absolute atomic E-state index is 12.4. The molecule has 0 aliphatic heterocycles. The Labute approximate surface area is 200 Å². The third-order valence-electron chi connectivity index (χ3n) is 6.41. The number of benzene rings is 2. The number of carboxylic acid groups (broad SMARTS) is 1. The fraction of sp³-hybridized carbons (Fsp3) is 0.444. The van der Waals surface area contributed by atoms with Crippen LogP contribution in [0.4, 0.5) is 4.79 Å². The van der Waals surface area contributed by atoms with Crippen molar-refractivity contribution in [3.05, 3.63) is 59.7 Å². The maximum atomic E-state index is 12.4. The summed E-state index contributed by atoms with van der Waals surface area (Å²) in [6, 6.07) is 15.4. The molecule has 182 valence electrons. The summed E-state index contributed by atoms with van der Waals surface area (Å²) in [4.78, 5) is 36.1. The van der Waals surface area contributed by atoms with Gasteiger partial charge in [-0.25, -0.2) is 9.59 Å². The minimum Gasteiger partial charge on any atom is -0.480 e. The summed E-state index contributed by atoms with van der Waals surface area (Å²) in [7, 11) is 0. The van der Waals surface area contributed by atoms with Crippen molar-refractivity contribution >= 4 is 18.0 Å². The predicted octanol–water partition coefficient (Wildman–Crippen LogP) is 4.70. The van der Waals surface area contributed by atoms with E-state index in [4.69, 9.17) is 4.74 Å². The van der Waals surface area contributed by atoms with E-state index in [0.717, 1.165) is 24.0 Å². The summed E-state index contributed by atoms with van der Waals surface area (Å²) in [5.74, 6) is -1.46. The molecular formula is C27H34N2O5. The van der Waals surface area contributed by atoms with E-state index in [-0.39, 0.29) is 37.3 Å². The third-order valence-corrected chi connectivity index (χ3v) is 6.41. The van der Waals surface area contributed by atoms with Crippen LogP contribution in [0.3, 0.4) is 0 Å². The Morgan fingerprint density at radius 1 is 1.00 bits per heavy atom. The van der Waals surface area contributed by atoms with Crippen LogP contribution in [0.1, 0.15) is 63.0 Å². The van der Waals surface area contributed by atoms with Crippen LogP contribution in [-0.4, -0.2) is 42.3 Å². The van der Waals surface area contributed by atoms with Gasteiger partial charge in [-0.15, -0.1) is 0 Å². The van der Waals surface area contributed by atoms with Gasteiger partial charge in [-0.05, 0) is 34.6 Å². The van der Waals surface area contributed by atoms with Crippen molar-refractivity contribution in [2.24, 2.45) is 5.92 Å². The number of unbranched alkanes of at least 4 members (excludes halogenated alkanes) is 1. The van der Waals surface area contributed by atoms with Gasteiger partial charge in [0.1, 0.15) is 12.6 Å². The summed E-state index contributed by atoms with van der Waals surface area (Å²) < 4.78 is 5.55. The summed E-state index contributed by atoms with van der Waals surface area (Å²) in [6.45, 7) is 4.42. The standard InChI is InChI=1S/C27H34N2O5/c1-3-5-14-24(26(31)32)29-25(30)15-18(4-2)16-28-27(33)34-17-23-21-12-8-6-10-19(21)20-11-7-9-13-22(20)23/h6-13,18,23-24H,3-5,14-17H2,1-2H3,(H,28,33)(H,29,30)(H,31,32). The number of ether oxygens (including phenoxy) is 1. The molecular weight excluding hydrogens is 432 g/mol. The van der Waals surface area contributed by atoms with E-state index in [2.05, 4.69) is 34.9 Å². The molecule has 34 heavy (non-hydrogen) atoms. The Morgan fingerprint density at radius 2 is 1.62 bits per heavy atom. The number of hydrogen-bond acceptors (Lipinski definition) is 4. The normalized spacial score (nSPS) is 13.9. The van der Waals surface area contributed by atoms with E-state index >= 15 is 0 Å². The molecule has 3 N–H and O–H groups in total. The topological polar surface area (TPSA) is 105 Å². The lowest BCUT2D eigenvalue weighted by Crippen LogP contribution is -2.42. The summed E-state index contributed by atoms with van der Waals surface area (Å²) in [5.41, 5.74) is 4.64. The Bertz CT molecular complexity index is 961. The van der Waals surface area contributed by atoms with Crippen LogP contribution >= 0.6 is 0 Å². The van der Waals surface area contributed by atoms with Crippen LogP contribution in [0.25, 0.3) is 11.1 Å². The molecule has 0 saturated carbocycles. The SMILES string of the molecule is CCCCC(NC(=O)CC(CC)CNC(=O)OCC1c2ccccc2-c2ccccc21)C(=O)O. The van der Waals surface area contributed by atoms with Crippen molar-refractivity contribution < 1.29 is 24.2 Å². The van der Waals surface area contributed by atoms with Gasteiger partial charge >= 0.3 is 12.1 Å². The number of carbonyl (C=O) groups is 3. The highest BCUT2D eigenvalue weighted by Crippen LogP contribution is 2.44. The largest absolute Gasteiger partial charge is 0.480 e. The van der Waals surface area contributed by atoms with Gasteiger partial charge in [0.25, 0.3) is 0 Å². The molecule has 0 fully saturated rings. The summed E-state index contributed by atoms with van der Waals surface area (Å²) in [5, 5.41) is 14.7. The molecule has 0 bridgehead atoms. The van der Waals surface area contributed by atoms with Crippen molar-refractivity contribution in [1.82, 2.24) is 10.6 Å². The van der Waals surface area contributed by atoms with Crippen molar-refractivity contribution in [2.45, 2.75) is 57.9 Å². The lowest BCUT2D eigenvalue weighted by Gasteiger charge is -2.19. The van der Waals surface area contributed by atoms with Crippen molar-refractivity contribution in [3.63, 3.8) is 0 Å². The molecule has 0 aromatic heterocycles. The molecule has 1 aliphatic rings. The first-order chi connectivity index (χ1) is 16.4. The molecule has 2 amide bonds. The number of amides is 2. The molecule has 2 atom stereocenters. The Kier molecular flexibility index (Phi) is 9.08. The zero-order valence-electron chi connectivity index (χ0n) is 19.9. The molecule has 2 aromatic rings. The van der Waals surface area contributed by atoms with E-state index < -0.39 is 18.1 Å². The van der Waals surface area contributed by atoms with Crippen LogP contribution in [0.15, 0.2) is 48.5 Å². The van der Waals surface area contributed by atoms with Crippen LogP contribution in [0, 0.1) is 5.92 Å². The van der Waals surface area contributed by atoms with E-state index in [9.17, 15) is 19.5 Å². The highest BCUT2D eigenvalue weighted by Gasteiger charge is 2.29. The van der Waals surface area contributed by atoms with Gasteiger partial charge in [0.2, 0.25) is 5.91 Å². The predicted molar refractivity (Wildman–Crippen MR) is 131 cm³/mol. The summed E-state index contributed by atoms with van der Waals surface area (Å²) in [6.07, 6.45) is 2.30. The van der Waals surface area contributed by atoms with Gasteiger partial charge in [0, 0.05) is 18.9 Å². The van der Waals surface area contributed by atoms with Gasteiger partial charge < -0.3 is 20.5 Å². The van der Waals surface area contributed by atoms with Gasteiger partial charge in [-0.1, -0.05) is 81.6 Å². The average Bonchev–Trinajstić information content (AvgIpc) is 3.16. The van der Waals surface area contributed by atoms with Gasteiger partial charge in [-0.3, -0.25) is 4.79 Å². The first kappa shape index (κ1) is 25.3. The maximum Gasteiger partial charge on any atom is 0.407 e. The van der Waals surface area contributed by atoms with Gasteiger partial charge in [0.05, 0.1) is 0 Å². The zero-order valence-corrected chi connectivity index (χ0v) is 19.9. The molecule has 0 spiro atoms. The molecule has 7 heteroatoms. The van der Waals surface area contributed by atoms with Crippen molar-refractivity contribution in [2.75, 3.05) is 13.2 Å². The molecule has 2 aromatic carbocycles. The Hall–Kier alpha value is -3.35. The second-order valence-electron chi connectivity index (χ2n) is 8.79. The summed E-state index contributed by atoms with van der Waals surface area (Å²) >= 11 is 0. The fourth-order valence-electron chi connectivity index (χ4n) is 4.42. The van der Waals surface area contributed by atoms with E-state index in [0.29, 0.717) is 12.8 Å². The number of aliphatic carboxylic acids is 1. The van der Waals surface area contributed by atoms with Crippen molar-refractivity contribution in [3.8, 4) is 11.1 Å². The van der Waals surface area contributed by atoms with Crippen LogP contribution in [0.2, 0.25) is 0 Å². The first-order valence-corrected chi connectivity index (χ1v) is 12.1. The molecule has 3 rings (SSSR count). The van der Waals surface area contributed by atoms with Crippen LogP contribution in [0.5, 0.6) is 0 Å². The number of nitrogens with one attached hydrogen (secondary N) is 2. The number of rotatable bonds is 12. The molecule has 1 aliphatic carbocycles. The van der Waals surface area contributed by atoms with E-state index in [1.54, 1.807) is 0 Å². The highest BCUT2D eigenvalue weighted by molar-refractivity contribution is 5.83. The second kappa shape index (κ2) is 12.2. The quantitative estimate of drug-likeness (QED) is 0.421.